The molecule has 4 N–H and O–H groups in total. The van der Waals surface area contributed by atoms with Gasteiger partial charge in [0, 0.05) is 19.3 Å². The number of hydrogen-bond acceptors (Lipinski definition) is 7. The Balaban J connectivity index is 1.48. The molecular formula is C21H24FN7O3. The second-order valence-corrected chi connectivity index (χ2v) is 8.21. The zero-order valence-electron chi connectivity index (χ0n) is 17.5. The first-order chi connectivity index (χ1) is 15.5. The molecule has 4 atom stereocenters. The molecule has 10 nitrogen and oxygen atoms in total. The number of pyridine rings is 1. The lowest BCUT2D eigenvalue weighted by Gasteiger charge is -2.34. The van der Waals surface area contributed by atoms with Gasteiger partial charge in [0.2, 0.25) is 0 Å². The molecule has 0 aromatic carbocycles. The highest BCUT2D eigenvalue weighted by Gasteiger charge is 2.33. The molecule has 0 saturated heterocycles. The van der Waals surface area contributed by atoms with Gasteiger partial charge in [-0.15, -0.1) is 0 Å². The molecule has 0 aliphatic heterocycles. The van der Waals surface area contributed by atoms with E-state index >= 15 is 0 Å². The molecule has 5 rings (SSSR count). The summed E-state index contributed by atoms with van der Waals surface area (Å²) in [4.78, 5) is 30.1. The number of fused-ring (bicyclic) bond motifs is 1. The summed E-state index contributed by atoms with van der Waals surface area (Å²) in [6.07, 6.45) is 3.96. The molecule has 0 unspecified atom stereocenters. The van der Waals surface area contributed by atoms with E-state index in [1.165, 1.54) is 15.3 Å². The number of hydrogen-bond donors (Lipinski definition) is 4. The van der Waals surface area contributed by atoms with Gasteiger partial charge in [-0.1, -0.05) is 0 Å². The van der Waals surface area contributed by atoms with E-state index in [1.54, 1.807) is 31.4 Å². The number of nitrogens with zero attached hydrogens (tertiary/aromatic N) is 4. The maximum absolute atomic E-state index is 13.6. The zero-order chi connectivity index (χ0) is 22.4. The fourth-order valence-electron chi connectivity index (χ4n) is 4.03. The number of amides is 1. The van der Waals surface area contributed by atoms with Crippen molar-refractivity contribution in [2.45, 2.75) is 50.0 Å². The minimum Gasteiger partial charge on any atom is -0.391 e. The van der Waals surface area contributed by atoms with Crippen LogP contribution in [0.5, 0.6) is 0 Å². The van der Waals surface area contributed by atoms with Gasteiger partial charge in [0.1, 0.15) is 29.1 Å². The Bertz CT molecular complexity index is 1240. The third-order valence-corrected chi connectivity index (χ3v) is 6.28. The molecule has 2 fully saturated rings. The minimum atomic E-state index is -1.03. The van der Waals surface area contributed by atoms with Crippen LogP contribution in [-0.4, -0.2) is 55.5 Å². The van der Waals surface area contributed by atoms with Gasteiger partial charge in [-0.05, 0) is 37.8 Å². The second kappa shape index (κ2) is 7.90. The number of rotatable bonds is 6. The predicted molar refractivity (Wildman–Crippen MR) is 116 cm³/mol. The lowest BCUT2D eigenvalue weighted by Crippen LogP contribution is -2.48. The average molecular weight is 441 g/mol. The summed E-state index contributed by atoms with van der Waals surface area (Å²) in [6.45, 7) is 0. The van der Waals surface area contributed by atoms with Crippen molar-refractivity contribution in [3.63, 3.8) is 0 Å². The normalized spacial score (nSPS) is 24.5. The van der Waals surface area contributed by atoms with Crippen LogP contribution in [0.25, 0.3) is 5.65 Å². The third-order valence-electron chi connectivity index (χ3n) is 6.28. The highest BCUT2D eigenvalue weighted by Crippen LogP contribution is 2.31. The summed E-state index contributed by atoms with van der Waals surface area (Å²) in [5.74, 6) is 0.446. The van der Waals surface area contributed by atoms with E-state index in [2.05, 4.69) is 26.0 Å². The summed E-state index contributed by atoms with van der Waals surface area (Å²) in [5.41, 5.74) is 0.518. The number of aliphatic hydroxyl groups is 1. The van der Waals surface area contributed by atoms with Gasteiger partial charge in [-0.25, -0.2) is 9.37 Å². The summed E-state index contributed by atoms with van der Waals surface area (Å²) >= 11 is 0. The molecular weight excluding hydrogens is 417 g/mol. The SMILES string of the molecule is CNc1cc(Nc2cccn([C@@H]3CC[C@@H]3O)c2=O)nc2c(C(=O)N[C@H]3CC[C@@H]3F)cnn12. The van der Waals surface area contributed by atoms with E-state index in [4.69, 9.17) is 0 Å². The Morgan fingerprint density at radius 2 is 2.12 bits per heavy atom. The number of alkyl halides is 1. The monoisotopic (exact) mass is 441 g/mol. The van der Waals surface area contributed by atoms with E-state index in [1.807, 2.05) is 0 Å². The molecule has 2 aliphatic carbocycles. The lowest BCUT2D eigenvalue weighted by atomic mass is 9.89. The van der Waals surface area contributed by atoms with E-state index < -0.39 is 24.2 Å². The van der Waals surface area contributed by atoms with E-state index in [0.29, 0.717) is 36.6 Å². The Hall–Kier alpha value is -3.47. The van der Waals surface area contributed by atoms with Gasteiger partial charge in [-0.2, -0.15) is 9.61 Å². The molecule has 0 radical (unpaired) electrons. The van der Waals surface area contributed by atoms with E-state index in [9.17, 15) is 19.1 Å². The molecule has 0 bridgehead atoms. The smallest absolute Gasteiger partial charge is 0.274 e. The first kappa shape index (κ1) is 20.4. The maximum atomic E-state index is 13.6. The molecule has 3 heterocycles. The van der Waals surface area contributed by atoms with E-state index in [-0.39, 0.29) is 22.8 Å². The summed E-state index contributed by atoms with van der Waals surface area (Å²) in [7, 11) is 1.70. The standard InChI is InChI=1S/C21H24FN7O3/c1-23-18-9-17(25-14-3-2-8-28(21(14)32)15-6-7-16(15)30)27-19-11(10-24-29(18)19)20(31)26-13-5-4-12(13)22/h2-3,8-10,12-13,15-16,23,30H,4-7H2,1H3,(H,25,27)(H,26,31)/t12-,13-,15+,16-/m0/s1. The summed E-state index contributed by atoms with van der Waals surface area (Å²) < 4.78 is 16.6. The minimum absolute atomic E-state index is 0.215. The van der Waals surface area contributed by atoms with Crippen LogP contribution in [-0.2, 0) is 0 Å². The van der Waals surface area contributed by atoms with Crippen LogP contribution in [0.4, 0.5) is 21.7 Å². The number of aromatic nitrogens is 4. The van der Waals surface area contributed by atoms with Gasteiger partial charge in [0.15, 0.2) is 5.65 Å². The highest BCUT2D eigenvalue weighted by molar-refractivity contribution is 6.00. The number of carbonyl (C=O) groups is 1. The van der Waals surface area contributed by atoms with Crippen molar-refractivity contribution in [2.75, 3.05) is 17.7 Å². The zero-order valence-corrected chi connectivity index (χ0v) is 17.5. The van der Waals surface area contributed by atoms with Crippen molar-refractivity contribution in [3.05, 3.63) is 46.5 Å². The first-order valence-corrected chi connectivity index (χ1v) is 10.6. The molecule has 2 saturated carbocycles. The number of aliphatic hydroxyl groups excluding tert-OH is 1. The molecule has 168 valence electrons. The fraction of sp³-hybridized carbons (Fsp3) is 0.429. The molecule has 1 amide bonds. The van der Waals surface area contributed by atoms with E-state index in [0.717, 1.165) is 6.42 Å². The van der Waals surface area contributed by atoms with Crippen molar-refractivity contribution in [1.29, 1.82) is 0 Å². The topological polar surface area (TPSA) is 126 Å². The van der Waals surface area contributed by atoms with Gasteiger partial charge in [0.25, 0.3) is 11.5 Å². The number of nitrogens with one attached hydrogen (secondary N) is 3. The van der Waals surface area contributed by atoms with Crippen LogP contribution in [0.3, 0.4) is 0 Å². The average Bonchev–Trinajstić information content (AvgIpc) is 3.21. The molecule has 11 heteroatoms. The molecule has 0 spiro atoms. The fourth-order valence-corrected chi connectivity index (χ4v) is 4.03. The maximum Gasteiger partial charge on any atom is 0.274 e. The Labute approximate surface area is 182 Å². The van der Waals surface area contributed by atoms with Crippen LogP contribution in [0, 0.1) is 0 Å². The Kier molecular flexibility index (Phi) is 5.04. The second-order valence-electron chi connectivity index (χ2n) is 8.21. The lowest BCUT2D eigenvalue weighted by molar-refractivity contribution is 0.0300. The van der Waals surface area contributed by atoms with Crippen LogP contribution in [0.2, 0.25) is 0 Å². The largest absolute Gasteiger partial charge is 0.391 e. The third kappa shape index (κ3) is 3.38. The van der Waals surface area contributed by atoms with Crippen molar-refractivity contribution < 1.29 is 14.3 Å². The molecule has 32 heavy (non-hydrogen) atoms. The predicted octanol–water partition coefficient (Wildman–Crippen LogP) is 1.60. The summed E-state index contributed by atoms with van der Waals surface area (Å²) in [6, 6.07) is 4.31. The quantitative estimate of drug-likeness (QED) is 0.458. The van der Waals surface area contributed by atoms with Crippen molar-refractivity contribution >= 4 is 28.9 Å². The van der Waals surface area contributed by atoms with Crippen molar-refractivity contribution in [1.82, 2.24) is 24.5 Å². The molecule has 3 aromatic rings. The number of halogens is 1. The van der Waals surface area contributed by atoms with Gasteiger partial charge >= 0.3 is 0 Å². The van der Waals surface area contributed by atoms with Gasteiger partial charge in [0.05, 0.1) is 24.4 Å². The number of carbonyl (C=O) groups excluding carboxylic acids is 1. The van der Waals surface area contributed by atoms with Crippen LogP contribution < -0.4 is 21.5 Å². The number of anilines is 3. The van der Waals surface area contributed by atoms with Crippen molar-refractivity contribution in [3.8, 4) is 0 Å². The highest BCUT2D eigenvalue weighted by atomic mass is 19.1. The Morgan fingerprint density at radius 1 is 1.28 bits per heavy atom. The van der Waals surface area contributed by atoms with Crippen LogP contribution >= 0.6 is 0 Å². The summed E-state index contributed by atoms with van der Waals surface area (Å²) in [5, 5.41) is 22.9. The Morgan fingerprint density at radius 3 is 2.75 bits per heavy atom. The van der Waals surface area contributed by atoms with Gasteiger partial charge < -0.3 is 25.6 Å². The first-order valence-electron chi connectivity index (χ1n) is 10.6. The molecule has 3 aromatic heterocycles. The van der Waals surface area contributed by atoms with Crippen LogP contribution in [0.1, 0.15) is 42.1 Å². The van der Waals surface area contributed by atoms with Crippen LogP contribution in [0.15, 0.2) is 35.4 Å². The van der Waals surface area contributed by atoms with Gasteiger partial charge in [-0.3, -0.25) is 9.59 Å². The van der Waals surface area contributed by atoms with Crippen molar-refractivity contribution in [2.24, 2.45) is 0 Å². The molecule has 2 aliphatic rings.